The summed E-state index contributed by atoms with van der Waals surface area (Å²) in [6.07, 6.45) is 1.64. The fourth-order valence-corrected chi connectivity index (χ4v) is 3.14. The highest BCUT2D eigenvalue weighted by Crippen LogP contribution is 2.32. The summed E-state index contributed by atoms with van der Waals surface area (Å²) in [5.74, 6) is 0.980. The van der Waals surface area contributed by atoms with Gasteiger partial charge in [0.1, 0.15) is 17.8 Å². The second-order valence-corrected chi connectivity index (χ2v) is 8.58. The number of carbonyl (C=O) groups excluding carboxylic acids is 2. The average Bonchev–Trinajstić information content (AvgIpc) is 3.14. The number of imide groups is 1. The van der Waals surface area contributed by atoms with E-state index in [0.29, 0.717) is 5.89 Å². The van der Waals surface area contributed by atoms with Gasteiger partial charge in [0.25, 0.3) is 5.91 Å². The SMILES string of the molecule is CC(C)c1cnc(CN2C(=O)NC(C)(c3ccc(C(C)(C)C)cc3)C2=O)o1. The molecule has 0 bridgehead atoms. The van der Waals surface area contributed by atoms with Gasteiger partial charge in [-0.15, -0.1) is 0 Å². The van der Waals surface area contributed by atoms with E-state index in [1.54, 1.807) is 13.1 Å². The van der Waals surface area contributed by atoms with Crippen molar-refractivity contribution < 1.29 is 14.0 Å². The summed E-state index contributed by atoms with van der Waals surface area (Å²) in [5, 5.41) is 2.82. The van der Waals surface area contributed by atoms with Crippen molar-refractivity contribution in [3.05, 3.63) is 53.2 Å². The van der Waals surface area contributed by atoms with E-state index in [0.717, 1.165) is 16.2 Å². The molecule has 1 N–H and O–H groups in total. The summed E-state index contributed by atoms with van der Waals surface area (Å²) in [4.78, 5) is 30.9. The van der Waals surface area contributed by atoms with Crippen molar-refractivity contribution in [3.8, 4) is 0 Å². The number of nitrogens with one attached hydrogen (secondary N) is 1. The smallest absolute Gasteiger partial charge is 0.325 e. The lowest BCUT2D eigenvalue weighted by Crippen LogP contribution is -2.40. The van der Waals surface area contributed by atoms with Crippen LogP contribution in [0.3, 0.4) is 0 Å². The molecule has 0 radical (unpaired) electrons. The van der Waals surface area contributed by atoms with Crippen molar-refractivity contribution in [2.45, 2.75) is 65.0 Å². The van der Waals surface area contributed by atoms with Crippen molar-refractivity contribution in [3.63, 3.8) is 0 Å². The molecule has 1 fully saturated rings. The molecule has 1 aromatic heterocycles. The number of aromatic nitrogens is 1. The second kappa shape index (κ2) is 6.51. The fraction of sp³-hybridized carbons (Fsp3) is 0.476. The third-order valence-electron chi connectivity index (χ3n) is 5.04. The van der Waals surface area contributed by atoms with E-state index in [9.17, 15) is 9.59 Å². The largest absolute Gasteiger partial charge is 0.443 e. The molecule has 1 unspecified atom stereocenters. The van der Waals surface area contributed by atoms with Gasteiger partial charge in [-0.05, 0) is 23.5 Å². The second-order valence-electron chi connectivity index (χ2n) is 8.58. The zero-order valence-electron chi connectivity index (χ0n) is 16.8. The molecule has 0 aliphatic carbocycles. The first kappa shape index (κ1) is 19.1. The van der Waals surface area contributed by atoms with Gasteiger partial charge >= 0.3 is 6.03 Å². The molecule has 6 heteroatoms. The standard InChI is InChI=1S/C21H27N3O3/c1-13(2)16-11-22-17(27-16)12-24-18(25)21(6,23-19(24)26)15-9-7-14(8-10-15)20(3,4)5/h7-11,13H,12H2,1-6H3,(H,23,26). The molecule has 0 spiro atoms. The Kier molecular flexibility index (Phi) is 4.62. The van der Waals surface area contributed by atoms with Crippen molar-refractivity contribution in [2.75, 3.05) is 0 Å². The van der Waals surface area contributed by atoms with Crippen LogP contribution in [0.15, 0.2) is 34.9 Å². The molecule has 1 aliphatic heterocycles. The van der Waals surface area contributed by atoms with Gasteiger partial charge in [0.2, 0.25) is 5.89 Å². The first-order valence-corrected chi connectivity index (χ1v) is 9.22. The number of hydrogen-bond donors (Lipinski definition) is 1. The molecule has 2 aromatic rings. The quantitative estimate of drug-likeness (QED) is 0.825. The summed E-state index contributed by atoms with van der Waals surface area (Å²) in [6, 6.07) is 7.39. The predicted octanol–water partition coefficient (Wildman–Crippen LogP) is 4.06. The zero-order chi connectivity index (χ0) is 20.0. The number of carbonyl (C=O) groups is 2. The first-order chi connectivity index (χ1) is 12.5. The van der Waals surface area contributed by atoms with Gasteiger partial charge in [-0.3, -0.25) is 9.69 Å². The van der Waals surface area contributed by atoms with Crippen LogP contribution in [0, 0.1) is 0 Å². The summed E-state index contributed by atoms with van der Waals surface area (Å²) in [6.45, 7) is 12.1. The molecule has 1 atom stereocenters. The summed E-state index contributed by atoms with van der Waals surface area (Å²) >= 11 is 0. The molecular weight excluding hydrogens is 342 g/mol. The molecule has 1 aliphatic rings. The van der Waals surface area contributed by atoms with E-state index < -0.39 is 11.6 Å². The lowest BCUT2D eigenvalue weighted by Gasteiger charge is -2.24. The first-order valence-electron chi connectivity index (χ1n) is 9.22. The minimum absolute atomic E-state index is 0.0209. The van der Waals surface area contributed by atoms with Crippen LogP contribution in [-0.4, -0.2) is 21.8 Å². The van der Waals surface area contributed by atoms with E-state index in [1.807, 2.05) is 38.1 Å². The average molecular weight is 369 g/mol. The molecule has 2 heterocycles. The third-order valence-corrected chi connectivity index (χ3v) is 5.04. The Morgan fingerprint density at radius 3 is 2.33 bits per heavy atom. The van der Waals surface area contributed by atoms with Crippen molar-refractivity contribution in [1.29, 1.82) is 0 Å². The minimum atomic E-state index is -1.10. The molecule has 1 saturated heterocycles. The lowest BCUT2D eigenvalue weighted by molar-refractivity contribution is -0.131. The van der Waals surface area contributed by atoms with Crippen LogP contribution in [0.25, 0.3) is 0 Å². The van der Waals surface area contributed by atoms with Crippen LogP contribution in [-0.2, 0) is 22.3 Å². The van der Waals surface area contributed by atoms with Gasteiger partial charge in [-0.1, -0.05) is 58.9 Å². The molecule has 6 nitrogen and oxygen atoms in total. The van der Waals surface area contributed by atoms with E-state index in [-0.39, 0.29) is 23.8 Å². The molecule has 27 heavy (non-hydrogen) atoms. The molecule has 1 aromatic carbocycles. The predicted molar refractivity (Wildman–Crippen MR) is 102 cm³/mol. The van der Waals surface area contributed by atoms with E-state index in [1.165, 1.54) is 5.56 Å². The highest BCUT2D eigenvalue weighted by Gasteiger charge is 2.49. The lowest BCUT2D eigenvalue weighted by atomic mass is 9.84. The zero-order valence-corrected chi connectivity index (χ0v) is 16.8. The van der Waals surface area contributed by atoms with Crippen LogP contribution < -0.4 is 5.32 Å². The Morgan fingerprint density at radius 1 is 1.19 bits per heavy atom. The number of hydrogen-bond acceptors (Lipinski definition) is 4. The molecule has 3 amide bonds. The van der Waals surface area contributed by atoms with E-state index >= 15 is 0 Å². The number of oxazole rings is 1. The highest BCUT2D eigenvalue weighted by molar-refractivity contribution is 6.07. The van der Waals surface area contributed by atoms with Gasteiger partial charge in [-0.2, -0.15) is 0 Å². The Balaban J connectivity index is 1.83. The molecule has 144 valence electrons. The van der Waals surface area contributed by atoms with Crippen LogP contribution in [0.2, 0.25) is 0 Å². The number of amides is 3. The number of urea groups is 1. The Labute approximate surface area is 160 Å². The number of benzene rings is 1. The fourth-order valence-electron chi connectivity index (χ4n) is 3.14. The van der Waals surface area contributed by atoms with Crippen LogP contribution in [0.5, 0.6) is 0 Å². The molecule has 3 rings (SSSR count). The van der Waals surface area contributed by atoms with Crippen LogP contribution in [0.4, 0.5) is 4.79 Å². The molecule has 0 saturated carbocycles. The van der Waals surface area contributed by atoms with Gasteiger partial charge in [-0.25, -0.2) is 9.78 Å². The summed E-state index contributed by atoms with van der Waals surface area (Å²) in [7, 11) is 0. The third kappa shape index (κ3) is 3.48. The van der Waals surface area contributed by atoms with Crippen molar-refractivity contribution in [1.82, 2.24) is 15.2 Å². The highest BCUT2D eigenvalue weighted by atomic mass is 16.4. The number of nitrogens with zero attached hydrogens (tertiary/aromatic N) is 2. The van der Waals surface area contributed by atoms with E-state index in [4.69, 9.17) is 4.42 Å². The Bertz CT molecular complexity index is 862. The Hall–Kier alpha value is -2.63. The van der Waals surface area contributed by atoms with Gasteiger partial charge < -0.3 is 9.73 Å². The van der Waals surface area contributed by atoms with Gasteiger partial charge in [0.15, 0.2) is 0 Å². The summed E-state index contributed by atoms with van der Waals surface area (Å²) < 4.78 is 5.65. The van der Waals surface area contributed by atoms with Gasteiger partial charge in [0, 0.05) is 5.92 Å². The van der Waals surface area contributed by atoms with Crippen LogP contribution in [0.1, 0.15) is 70.2 Å². The maximum atomic E-state index is 13.0. The number of rotatable bonds is 4. The monoisotopic (exact) mass is 369 g/mol. The normalized spacial score (nSPS) is 20.5. The topological polar surface area (TPSA) is 75.4 Å². The van der Waals surface area contributed by atoms with Crippen molar-refractivity contribution >= 4 is 11.9 Å². The summed E-state index contributed by atoms with van der Waals surface area (Å²) in [5.41, 5.74) is 0.852. The minimum Gasteiger partial charge on any atom is -0.443 e. The maximum Gasteiger partial charge on any atom is 0.325 e. The molecular formula is C21H27N3O3. The van der Waals surface area contributed by atoms with Crippen LogP contribution >= 0.6 is 0 Å². The maximum absolute atomic E-state index is 13.0. The Morgan fingerprint density at radius 2 is 1.81 bits per heavy atom. The van der Waals surface area contributed by atoms with E-state index in [2.05, 4.69) is 31.1 Å². The van der Waals surface area contributed by atoms with Crippen molar-refractivity contribution in [2.24, 2.45) is 0 Å². The van der Waals surface area contributed by atoms with Gasteiger partial charge in [0.05, 0.1) is 6.20 Å².